The van der Waals surface area contributed by atoms with E-state index in [1.54, 1.807) is 18.1 Å². The van der Waals surface area contributed by atoms with Crippen molar-refractivity contribution >= 4 is 23.2 Å². The molecule has 214 valence electrons. The molecule has 0 radical (unpaired) electrons. The van der Waals surface area contributed by atoms with Crippen LogP contribution in [0.15, 0.2) is 66.7 Å². The van der Waals surface area contributed by atoms with Crippen LogP contribution in [0.2, 0.25) is 0 Å². The number of hydrogen-bond donors (Lipinski definition) is 2. The van der Waals surface area contributed by atoms with Crippen LogP contribution in [0.5, 0.6) is 11.5 Å². The second kappa shape index (κ2) is 11.9. The molecule has 41 heavy (non-hydrogen) atoms. The number of methoxy groups -OCH3 is 1. The highest BCUT2D eigenvalue weighted by Crippen LogP contribution is 2.42. The molecule has 2 N–H and O–H groups in total. The van der Waals surface area contributed by atoms with Crippen molar-refractivity contribution in [2.75, 3.05) is 49.8 Å². The molecule has 2 fully saturated rings. The van der Waals surface area contributed by atoms with Gasteiger partial charge in [0.2, 0.25) is 5.91 Å². The summed E-state index contributed by atoms with van der Waals surface area (Å²) in [6.45, 7) is 2.47. The molecule has 2 atom stereocenters. The lowest BCUT2D eigenvalue weighted by atomic mass is 9.79. The maximum absolute atomic E-state index is 14.4. The Labute approximate surface area is 240 Å². The highest BCUT2D eigenvalue weighted by Gasteiger charge is 2.41. The summed E-state index contributed by atoms with van der Waals surface area (Å²) in [5.74, 6) is 0.513. The summed E-state index contributed by atoms with van der Waals surface area (Å²) in [4.78, 5) is 30.9. The van der Waals surface area contributed by atoms with Crippen molar-refractivity contribution in [2.24, 2.45) is 5.92 Å². The average Bonchev–Trinajstić information content (AvgIpc) is 3.84. The van der Waals surface area contributed by atoms with Crippen molar-refractivity contribution in [3.63, 3.8) is 0 Å². The van der Waals surface area contributed by atoms with Crippen LogP contribution in [0, 0.1) is 5.92 Å². The van der Waals surface area contributed by atoms with Crippen molar-refractivity contribution in [2.45, 2.75) is 37.6 Å². The predicted octanol–water partition coefficient (Wildman–Crippen LogP) is 4.71. The number of piperidine rings is 1. The molecule has 0 unspecified atom stereocenters. The van der Waals surface area contributed by atoms with Gasteiger partial charge < -0.3 is 29.7 Å². The standard InChI is InChI=1S/C33H37N3O5/c1-40-15-5-14-35-30-19-26(10-11-31(30)41-21-32(35)38)36(25-8-9-25)33(39)29-20-34-13-12-28(29)24-16-23(17-27(37)18-24)22-6-3-2-4-7-22/h2-4,6-7,10-11,16-19,25,28-29,34,37H,5,8-9,12-15,20-21H2,1H3/t28-,29+/m1/s1. The molecule has 1 saturated carbocycles. The van der Waals surface area contributed by atoms with Crippen molar-refractivity contribution in [3.05, 3.63) is 72.3 Å². The minimum atomic E-state index is -0.290. The summed E-state index contributed by atoms with van der Waals surface area (Å²) in [5.41, 5.74) is 4.44. The van der Waals surface area contributed by atoms with Crippen LogP contribution in [0.4, 0.5) is 11.4 Å². The Morgan fingerprint density at radius 1 is 1.07 bits per heavy atom. The first-order chi connectivity index (χ1) is 20.0. The third-order valence-electron chi connectivity index (χ3n) is 8.32. The van der Waals surface area contributed by atoms with Crippen LogP contribution in [0.3, 0.4) is 0 Å². The average molecular weight is 556 g/mol. The molecular formula is C33H37N3O5. The summed E-state index contributed by atoms with van der Waals surface area (Å²) in [6.07, 6.45) is 3.41. The van der Waals surface area contributed by atoms with Gasteiger partial charge in [-0.25, -0.2) is 0 Å². The summed E-state index contributed by atoms with van der Waals surface area (Å²) >= 11 is 0. The molecule has 1 aliphatic carbocycles. The number of phenolic OH excluding ortho intramolecular Hbond substituents is 1. The molecule has 8 nitrogen and oxygen atoms in total. The van der Waals surface area contributed by atoms with Gasteiger partial charge >= 0.3 is 0 Å². The normalized spacial score (nSPS) is 20.3. The number of carbonyl (C=O) groups is 2. The fourth-order valence-electron chi connectivity index (χ4n) is 6.14. The van der Waals surface area contributed by atoms with Crippen LogP contribution in [0.25, 0.3) is 11.1 Å². The lowest BCUT2D eigenvalue weighted by Gasteiger charge is -2.36. The number of anilines is 2. The van der Waals surface area contributed by atoms with E-state index >= 15 is 0 Å². The highest BCUT2D eigenvalue weighted by molar-refractivity contribution is 6.01. The fourth-order valence-corrected chi connectivity index (χ4v) is 6.14. The molecule has 3 aromatic carbocycles. The van der Waals surface area contributed by atoms with Crippen molar-refractivity contribution in [1.82, 2.24) is 5.32 Å². The molecule has 2 amide bonds. The lowest BCUT2D eigenvalue weighted by molar-refractivity contribution is -0.123. The number of rotatable bonds is 9. The molecule has 3 aliphatic rings. The monoisotopic (exact) mass is 555 g/mol. The number of phenols is 1. The third kappa shape index (κ3) is 5.80. The molecule has 8 heteroatoms. The second-order valence-corrected chi connectivity index (χ2v) is 11.2. The van der Waals surface area contributed by atoms with Gasteiger partial charge in [-0.15, -0.1) is 0 Å². The number of hydrogen-bond acceptors (Lipinski definition) is 6. The van der Waals surface area contributed by atoms with Gasteiger partial charge in [-0.05, 0) is 85.2 Å². The topological polar surface area (TPSA) is 91.3 Å². The molecule has 0 aromatic heterocycles. The van der Waals surface area contributed by atoms with E-state index in [2.05, 4.69) is 11.4 Å². The van der Waals surface area contributed by atoms with Gasteiger partial charge in [-0.1, -0.05) is 36.4 Å². The minimum absolute atomic E-state index is 0.00884. The van der Waals surface area contributed by atoms with E-state index in [-0.39, 0.29) is 42.0 Å². The Kier molecular flexibility index (Phi) is 7.94. The number of nitrogens with zero attached hydrogens (tertiary/aromatic N) is 2. The van der Waals surface area contributed by atoms with Crippen LogP contribution in [0.1, 0.15) is 37.2 Å². The van der Waals surface area contributed by atoms with Gasteiger partial charge in [0.05, 0.1) is 11.6 Å². The largest absolute Gasteiger partial charge is 0.508 e. The Bertz CT molecular complexity index is 1410. The fraction of sp³-hybridized carbons (Fsp3) is 0.394. The maximum atomic E-state index is 14.4. The Balaban J connectivity index is 1.31. The van der Waals surface area contributed by atoms with Gasteiger partial charge in [0, 0.05) is 38.5 Å². The molecule has 3 aromatic rings. The lowest BCUT2D eigenvalue weighted by Crippen LogP contribution is -2.47. The number of fused-ring (bicyclic) bond motifs is 1. The van der Waals surface area contributed by atoms with E-state index in [9.17, 15) is 14.7 Å². The van der Waals surface area contributed by atoms with Crippen molar-refractivity contribution in [1.29, 1.82) is 0 Å². The Morgan fingerprint density at radius 3 is 2.68 bits per heavy atom. The number of ether oxygens (including phenoxy) is 2. The number of nitrogens with one attached hydrogen (secondary N) is 1. The van der Waals surface area contributed by atoms with Crippen LogP contribution in [-0.4, -0.2) is 62.9 Å². The zero-order valence-electron chi connectivity index (χ0n) is 23.4. The molecule has 2 aliphatic heterocycles. The van der Waals surface area contributed by atoms with Gasteiger partial charge in [-0.3, -0.25) is 9.59 Å². The number of amides is 2. The van der Waals surface area contributed by atoms with Crippen molar-refractivity contribution < 1.29 is 24.2 Å². The van der Waals surface area contributed by atoms with Gasteiger partial charge in [0.1, 0.15) is 11.5 Å². The quantitative estimate of drug-likeness (QED) is 0.372. The predicted molar refractivity (Wildman–Crippen MR) is 159 cm³/mol. The van der Waals surface area contributed by atoms with Crippen LogP contribution >= 0.6 is 0 Å². The molecule has 2 heterocycles. The zero-order chi connectivity index (χ0) is 28.3. The molecule has 0 spiro atoms. The van der Waals surface area contributed by atoms with Crippen molar-refractivity contribution in [3.8, 4) is 22.6 Å². The molecule has 0 bridgehead atoms. The van der Waals surface area contributed by atoms with E-state index in [4.69, 9.17) is 9.47 Å². The first-order valence-corrected chi connectivity index (χ1v) is 14.5. The molecular weight excluding hydrogens is 518 g/mol. The molecule has 6 rings (SSSR count). The van der Waals surface area contributed by atoms with Gasteiger partial charge in [0.15, 0.2) is 6.61 Å². The number of benzene rings is 3. The van der Waals surface area contributed by atoms with E-state index in [1.807, 2.05) is 59.5 Å². The van der Waals surface area contributed by atoms with E-state index in [0.717, 1.165) is 48.2 Å². The molecule has 1 saturated heterocycles. The SMILES string of the molecule is COCCCN1C(=O)COc2ccc(N(C(=O)[C@H]3CNCC[C@@H]3c3cc(O)cc(-c4ccccc4)c3)C3CC3)cc21. The first kappa shape index (κ1) is 27.3. The number of carbonyl (C=O) groups excluding carboxylic acids is 2. The first-order valence-electron chi connectivity index (χ1n) is 14.5. The second-order valence-electron chi connectivity index (χ2n) is 11.2. The van der Waals surface area contributed by atoms with Gasteiger partial charge in [-0.2, -0.15) is 0 Å². The number of aromatic hydroxyl groups is 1. The zero-order valence-corrected chi connectivity index (χ0v) is 23.4. The maximum Gasteiger partial charge on any atom is 0.265 e. The van der Waals surface area contributed by atoms with Crippen LogP contribution in [-0.2, 0) is 14.3 Å². The van der Waals surface area contributed by atoms with Gasteiger partial charge in [0.25, 0.3) is 5.91 Å². The minimum Gasteiger partial charge on any atom is -0.508 e. The summed E-state index contributed by atoms with van der Waals surface area (Å²) in [6, 6.07) is 21.6. The van der Waals surface area contributed by atoms with E-state index in [1.165, 1.54) is 0 Å². The van der Waals surface area contributed by atoms with E-state index < -0.39 is 0 Å². The van der Waals surface area contributed by atoms with E-state index in [0.29, 0.717) is 37.6 Å². The smallest absolute Gasteiger partial charge is 0.265 e. The highest BCUT2D eigenvalue weighted by atomic mass is 16.5. The Hall–Kier alpha value is -3.88. The summed E-state index contributed by atoms with van der Waals surface area (Å²) in [5, 5.41) is 14.1. The summed E-state index contributed by atoms with van der Waals surface area (Å²) in [7, 11) is 1.65. The summed E-state index contributed by atoms with van der Waals surface area (Å²) < 4.78 is 10.9. The third-order valence-corrected chi connectivity index (χ3v) is 8.32. The van der Waals surface area contributed by atoms with Crippen LogP contribution < -0.4 is 19.9 Å². The Morgan fingerprint density at radius 2 is 1.90 bits per heavy atom.